The van der Waals surface area contributed by atoms with Crippen molar-refractivity contribution in [1.29, 1.82) is 0 Å². The van der Waals surface area contributed by atoms with Crippen LogP contribution in [0.4, 0.5) is 0 Å². The van der Waals surface area contributed by atoms with Crippen LogP contribution in [-0.4, -0.2) is 23.3 Å². The van der Waals surface area contributed by atoms with Gasteiger partial charge in [0, 0.05) is 12.1 Å². The van der Waals surface area contributed by atoms with Gasteiger partial charge in [-0.3, -0.25) is 0 Å². The third-order valence-corrected chi connectivity index (χ3v) is 3.24. The predicted molar refractivity (Wildman–Crippen MR) is 55.7 cm³/mol. The summed E-state index contributed by atoms with van der Waals surface area (Å²) >= 11 is 0. The summed E-state index contributed by atoms with van der Waals surface area (Å²) in [5.41, 5.74) is 0. The Morgan fingerprint density at radius 2 is 1.69 bits per heavy atom. The lowest BCUT2D eigenvalue weighted by Crippen LogP contribution is -2.43. The van der Waals surface area contributed by atoms with E-state index in [1.165, 1.54) is 25.7 Å². The maximum absolute atomic E-state index is 9.34. The number of aliphatic hydroxyl groups is 1. The first-order valence-electron chi connectivity index (χ1n) is 5.53. The van der Waals surface area contributed by atoms with Crippen LogP contribution in [0, 0.1) is 5.92 Å². The number of hydrogen-bond acceptors (Lipinski definition) is 2. The Hall–Kier alpha value is -0.0800. The van der Waals surface area contributed by atoms with Crippen LogP contribution in [0.5, 0.6) is 0 Å². The fourth-order valence-electron chi connectivity index (χ4n) is 1.94. The van der Waals surface area contributed by atoms with Gasteiger partial charge in [-0.2, -0.15) is 0 Å². The molecule has 13 heavy (non-hydrogen) atoms. The Bertz CT molecular complexity index is 139. The van der Waals surface area contributed by atoms with Crippen molar-refractivity contribution in [3.63, 3.8) is 0 Å². The van der Waals surface area contributed by atoms with Gasteiger partial charge in [-0.05, 0) is 45.4 Å². The molecular weight excluding hydrogens is 162 g/mol. The smallest absolute Gasteiger partial charge is 0.0662 e. The molecule has 1 fully saturated rings. The van der Waals surface area contributed by atoms with Crippen molar-refractivity contribution in [2.24, 2.45) is 5.92 Å². The molecule has 1 saturated carbocycles. The van der Waals surface area contributed by atoms with Gasteiger partial charge < -0.3 is 10.4 Å². The summed E-state index contributed by atoms with van der Waals surface area (Å²) in [6.45, 7) is 6.24. The summed E-state index contributed by atoms with van der Waals surface area (Å²) < 4.78 is 0. The molecule has 0 spiro atoms. The van der Waals surface area contributed by atoms with Crippen LogP contribution in [0.2, 0.25) is 0 Å². The lowest BCUT2D eigenvalue weighted by Gasteiger charge is -2.30. The lowest BCUT2D eigenvalue weighted by molar-refractivity contribution is 0.138. The zero-order valence-electron chi connectivity index (χ0n) is 9.09. The van der Waals surface area contributed by atoms with E-state index >= 15 is 0 Å². The monoisotopic (exact) mass is 185 g/mol. The summed E-state index contributed by atoms with van der Waals surface area (Å²) in [6, 6.07) is 0.874. The van der Waals surface area contributed by atoms with Gasteiger partial charge in [0.15, 0.2) is 0 Å². The Morgan fingerprint density at radius 3 is 2.15 bits per heavy atom. The van der Waals surface area contributed by atoms with E-state index in [9.17, 15) is 5.11 Å². The lowest BCUT2D eigenvalue weighted by atomic mass is 9.87. The van der Waals surface area contributed by atoms with E-state index in [1.807, 2.05) is 6.92 Å². The molecule has 1 aliphatic carbocycles. The third-order valence-electron chi connectivity index (χ3n) is 3.24. The normalized spacial score (nSPS) is 34.2. The zero-order chi connectivity index (χ0) is 9.84. The minimum absolute atomic E-state index is 0.235. The molecule has 1 aliphatic rings. The fourth-order valence-corrected chi connectivity index (χ4v) is 1.94. The summed E-state index contributed by atoms with van der Waals surface area (Å²) in [7, 11) is 0. The molecule has 0 aromatic rings. The molecule has 0 aliphatic heterocycles. The molecular formula is C11H23NO. The fraction of sp³-hybridized carbons (Fsp3) is 1.00. The third kappa shape index (κ3) is 3.65. The highest BCUT2D eigenvalue weighted by Gasteiger charge is 2.20. The molecule has 0 amide bonds. The van der Waals surface area contributed by atoms with Crippen LogP contribution < -0.4 is 5.32 Å². The molecule has 0 heterocycles. The minimum Gasteiger partial charge on any atom is -0.392 e. The first-order chi connectivity index (χ1) is 6.09. The second-order valence-corrected chi connectivity index (χ2v) is 4.65. The van der Waals surface area contributed by atoms with Crippen molar-refractivity contribution in [2.75, 3.05) is 0 Å². The van der Waals surface area contributed by atoms with Crippen LogP contribution in [0.3, 0.4) is 0 Å². The van der Waals surface area contributed by atoms with E-state index in [0.29, 0.717) is 6.04 Å². The molecule has 0 saturated heterocycles. The topological polar surface area (TPSA) is 32.3 Å². The molecule has 2 atom stereocenters. The number of nitrogens with one attached hydrogen (secondary N) is 1. The number of rotatable bonds is 3. The maximum atomic E-state index is 9.34. The van der Waals surface area contributed by atoms with Crippen LogP contribution in [0.25, 0.3) is 0 Å². The van der Waals surface area contributed by atoms with E-state index in [-0.39, 0.29) is 12.1 Å². The quantitative estimate of drug-likeness (QED) is 0.704. The van der Waals surface area contributed by atoms with Gasteiger partial charge in [-0.15, -0.1) is 0 Å². The molecule has 0 bridgehead atoms. The molecule has 0 aromatic carbocycles. The van der Waals surface area contributed by atoms with Gasteiger partial charge in [-0.25, -0.2) is 0 Å². The summed E-state index contributed by atoms with van der Waals surface area (Å²) in [5, 5.41) is 12.8. The van der Waals surface area contributed by atoms with E-state index in [0.717, 1.165) is 5.92 Å². The highest BCUT2D eigenvalue weighted by atomic mass is 16.3. The zero-order valence-corrected chi connectivity index (χ0v) is 9.09. The average molecular weight is 185 g/mol. The van der Waals surface area contributed by atoms with Gasteiger partial charge in [0.05, 0.1) is 6.10 Å². The Morgan fingerprint density at radius 1 is 1.15 bits per heavy atom. The standard InChI is InChI=1S/C11H23NO/c1-8-4-6-11(7-5-8)12-9(2)10(3)13/h8-13H,4-7H2,1-3H3. The van der Waals surface area contributed by atoms with Crippen molar-refractivity contribution in [1.82, 2.24) is 5.32 Å². The molecule has 0 aromatic heterocycles. The SMILES string of the molecule is CC1CCC(NC(C)C(C)O)CC1. The molecule has 78 valence electrons. The Balaban J connectivity index is 2.22. The summed E-state index contributed by atoms with van der Waals surface area (Å²) in [5.74, 6) is 0.903. The average Bonchev–Trinajstić information content (AvgIpc) is 2.08. The molecule has 2 unspecified atom stereocenters. The predicted octanol–water partition coefficient (Wildman–Crippen LogP) is 1.92. The number of aliphatic hydroxyl groups excluding tert-OH is 1. The van der Waals surface area contributed by atoms with Crippen LogP contribution in [-0.2, 0) is 0 Å². The number of hydrogen-bond donors (Lipinski definition) is 2. The van der Waals surface area contributed by atoms with Crippen molar-refractivity contribution in [3.8, 4) is 0 Å². The van der Waals surface area contributed by atoms with Crippen molar-refractivity contribution >= 4 is 0 Å². The van der Waals surface area contributed by atoms with Gasteiger partial charge in [0.25, 0.3) is 0 Å². The maximum Gasteiger partial charge on any atom is 0.0662 e. The highest BCUT2D eigenvalue weighted by molar-refractivity contribution is 4.79. The minimum atomic E-state index is -0.237. The van der Waals surface area contributed by atoms with E-state index in [1.54, 1.807) is 0 Å². The summed E-state index contributed by atoms with van der Waals surface area (Å²) in [4.78, 5) is 0. The van der Waals surface area contributed by atoms with Crippen molar-refractivity contribution in [3.05, 3.63) is 0 Å². The highest BCUT2D eigenvalue weighted by Crippen LogP contribution is 2.23. The first kappa shape index (κ1) is 11.0. The first-order valence-corrected chi connectivity index (χ1v) is 5.53. The van der Waals surface area contributed by atoms with Crippen LogP contribution in [0.1, 0.15) is 46.5 Å². The molecule has 2 N–H and O–H groups in total. The second-order valence-electron chi connectivity index (χ2n) is 4.65. The molecule has 2 nitrogen and oxygen atoms in total. The van der Waals surface area contributed by atoms with Gasteiger partial charge in [0.2, 0.25) is 0 Å². The second kappa shape index (κ2) is 4.97. The molecule has 2 heteroatoms. The summed E-state index contributed by atoms with van der Waals surface area (Å²) in [6.07, 6.45) is 4.99. The largest absolute Gasteiger partial charge is 0.392 e. The van der Waals surface area contributed by atoms with Crippen LogP contribution >= 0.6 is 0 Å². The van der Waals surface area contributed by atoms with Gasteiger partial charge in [-0.1, -0.05) is 6.92 Å². The Labute approximate surface area is 81.7 Å². The van der Waals surface area contributed by atoms with E-state index < -0.39 is 0 Å². The van der Waals surface area contributed by atoms with Crippen LogP contribution in [0.15, 0.2) is 0 Å². The molecule has 0 radical (unpaired) electrons. The van der Waals surface area contributed by atoms with Crippen molar-refractivity contribution < 1.29 is 5.11 Å². The van der Waals surface area contributed by atoms with Gasteiger partial charge in [0.1, 0.15) is 0 Å². The van der Waals surface area contributed by atoms with Crippen molar-refractivity contribution in [2.45, 2.75) is 64.6 Å². The van der Waals surface area contributed by atoms with E-state index in [4.69, 9.17) is 0 Å². The molecule has 1 rings (SSSR count). The van der Waals surface area contributed by atoms with E-state index in [2.05, 4.69) is 19.2 Å². The Kier molecular flexibility index (Phi) is 4.20. The van der Waals surface area contributed by atoms with Gasteiger partial charge >= 0.3 is 0 Å².